The van der Waals surface area contributed by atoms with E-state index in [-0.39, 0.29) is 11.8 Å². The number of hydrogen-bond donors (Lipinski definition) is 1. The smallest absolute Gasteiger partial charge is 0.312 e. The van der Waals surface area contributed by atoms with Gasteiger partial charge in [0.25, 0.3) is 5.89 Å². The van der Waals surface area contributed by atoms with Crippen LogP contribution in [0.1, 0.15) is 53.5 Å². The Hall–Kier alpha value is -3.63. The quantitative estimate of drug-likeness (QED) is 0.518. The lowest BCUT2D eigenvalue weighted by atomic mass is 9.99. The number of nitrogens with zero attached hydrogens (tertiary/aromatic N) is 6. The molecule has 0 saturated heterocycles. The number of carbonyl (C=O) groups excluding carboxylic acids is 1. The fourth-order valence-electron chi connectivity index (χ4n) is 3.60. The normalized spacial score (nSPS) is 16.8. The fraction of sp³-hybridized carbons (Fsp3) is 0.316. The number of halogens is 2. The summed E-state index contributed by atoms with van der Waals surface area (Å²) in [6.45, 7) is 2.84. The Morgan fingerprint density at radius 1 is 1.33 bits per heavy atom. The zero-order valence-electron chi connectivity index (χ0n) is 16.1. The number of fused-ring (bicyclic) bond motifs is 2. The van der Waals surface area contributed by atoms with Gasteiger partial charge in [-0.1, -0.05) is 6.07 Å². The number of H-pyrrole nitrogens is 1. The van der Waals surface area contributed by atoms with E-state index < -0.39 is 23.6 Å². The number of imidazole rings is 1. The van der Waals surface area contributed by atoms with E-state index in [2.05, 4.69) is 25.3 Å². The van der Waals surface area contributed by atoms with Crippen LogP contribution in [0.4, 0.5) is 8.78 Å². The molecule has 30 heavy (non-hydrogen) atoms. The molecular formula is C19H17F2N7O2. The Balaban J connectivity index is 1.59. The van der Waals surface area contributed by atoms with Crippen LogP contribution in [-0.2, 0) is 12.1 Å². The summed E-state index contributed by atoms with van der Waals surface area (Å²) in [7, 11) is 0. The molecule has 1 aliphatic heterocycles. The number of aromatic nitrogens is 6. The number of nitrogens with one attached hydrogen (secondary N) is 1. The summed E-state index contributed by atoms with van der Waals surface area (Å²) in [6, 6.07) is 5.60. The van der Waals surface area contributed by atoms with Crippen LogP contribution in [0.15, 0.2) is 35.0 Å². The van der Waals surface area contributed by atoms with Crippen molar-refractivity contribution in [3.05, 3.63) is 65.4 Å². The first kappa shape index (κ1) is 18.4. The molecule has 9 nitrogen and oxygen atoms in total. The molecule has 0 spiro atoms. The molecule has 0 unspecified atom stereocenters. The lowest BCUT2D eigenvalue weighted by Crippen LogP contribution is -2.41. The Kier molecular flexibility index (Phi) is 3.95. The van der Waals surface area contributed by atoms with Gasteiger partial charge < -0.3 is 14.3 Å². The summed E-state index contributed by atoms with van der Waals surface area (Å²) in [5.41, 5.74) is 0.564. The van der Waals surface area contributed by atoms with Crippen molar-refractivity contribution >= 4 is 11.4 Å². The van der Waals surface area contributed by atoms with E-state index >= 15 is 0 Å². The third-order valence-corrected chi connectivity index (χ3v) is 5.04. The highest BCUT2D eigenvalue weighted by atomic mass is 19.1. The van der Waals surface area contributed by atoms with Crippen molar-refractivity contribution in [3.8, 4) is 0 Å². The van der Waals surface area contributed by atoms with Gasteiger partial charge in [0.15, 0.2) is 5.67 Å². The van der Waals surface area contributed by atoms with Crippen molar-refractivity contribution in [2.45, 2.75) is 32.0 Å². The number of pyridine rings is 1. The molecule has 0 fully saturated rings. The van der Waals surface area contributed by atoms with Gasteiger partial charge in [0.05, 0.1) is 23.2 Å². The molecule has 1 aliphatic rings. The average molecular weight is 413 g/mol. The van der Waals surface area contributed by atoms with Crippen LogP contribution in [-0.4, -0.2) is 47.1 Å². The summed E-state index contributed by atoms with van der Waals surface area (Å²) in [5.74, 6) is -1.71. The summed E-state index contributed by atoms with van der Waals surface area (Å²) in [5, 5.41) is 11.7. The molecule has 1 atom stereocenters. The van der Waals surface area contributed by atoms with Crippen LogP contribution in [0, 0.1) is 5.95 Å². The van der Waals surface area contributed by atoms with Crippen molar-refractivity contribution in [2.75, 3.05) is 6.54 Å². The first-order valence-electron chi connectivity index (χ1n) is 9.33. The predicted molar refractivity (Wildman–Crippen MR) is 98.8 cm³/mol. The second-order valence-corrected chi connectivity index (χ2v) is 7.56. The van der Waals surface area contributed by atoms with Gasteiger partial charge in [0.2, 0.25) is 5.95 Å². The lowest BCUT2D eigenvalue weighted by Gasteiger charge is -2.32. The number of alkyl halides is 1. The van der Waals surface area contributed by atoms with E-state index in [9.17, 15) is 13.6 Å². The van der Waals surface area contributed by atoms with Crippen molar-refractivity contribution in [3.63, 3.8) is 0 Å². The molecule has 154 valence electrons. The van der Waals surface area contributed by atoms with Gasteiger partial charge in [-0.2, -0.15) is 9.49 Å². The maximum atomic E-state index is 14.2. The van der Waals surface area contributed by atoms with Crippen molar-refractivity contribution in [2.24, 2.45) is 0 Å². The predicted octanol–water partition coefficient (Wildman–Crippen LogP) is 2.57. The molecule has 0 aromatic carbocycles. The molecule has 5 heterocycles. The minimum atomic E-state index is -1.87. The minimum Gasteiger partial charge on any atom is -0.413 e. The van der Waals surface area contributed by atoms with Crippen molar-refractivity contribution in [1.82, 2.24) is 34.7 Å². The number of hydrogen-bond acceptors (Lipinski definition) is 6. The van der Waals surface area contributed by atoms with Crippen LogP contribution < -0.4 is 0 Å². The topological polar surface area (TPSA) is 105 Å². The largest absolute Gasteiger partial charge is 0.413 e. The summed E-state index contributed by atoms with van der Waals surface area (Å²) >= 11 is 0. The molecule has 1 N–H and O–H groups in total. The van der Waals surface area contributed by atoms with E-state index in [1.54, 1.807) is 24.5 Å². The van der Waals surface area contributed by atoms with E-state index in [0.29, 0.717) is 29.9 Å². The van der Waals surface area contributed by atoms with Crippen LogP contribution in [0.3, 0.4) is 0 Å². The standard InChI is InChI=1S/C19H17F2N7O2/c1-19(2,21)18-25-24-16(30-18)17(29)27-7-6-11-14(23-9-22-11)15(27)12-8-10-4-3-5-13(20)28(10)26-12/h3-5,8-9,15H,6-7H2,1-2H3,(H,22,23)/t15-/m0/s1. The highest BCUT2D eigenvalue weighted by Gasteiger charge is 2.39. The van der Waals surface area contributed by atoms with Gasteiger partial charge >= 0.3 is 11.8 Å². The lowest BCUT2D eigenvalue weighted by molar-refractivity contribution is 0.0636. The average Bonchev–Trinajstić information content (AvgIpc) is 3.44. The summed E-state index contributed by atoms with van der Waals surface area (Å²) in [4.78, 5) is 22.1. The fourth-order valence-corrected chi connectivity index (χ4v) is 3.60. The molecule has 0 aliphatic carbocycles. The highest BCUT2D eigenvalue weighted by Crippen LogP contribution is 2.34. The van der Waals surface area contributed by atoms with Gasteiger partial charge in [0, 0.05) is 18.7 Å². The van der Waals surface area contributed by atoms with Gasteiger partial charge in [-0.05, 0) is 32.0 Å². The van der Waals surface area contributed by atoms with E-state index in [0.717, 1.165) is 10.2 Å². The zero-order valence-corrected chi connectivity index (χ0v) is 16.1. The van der Waals surface area contributed by atoms with Crippen molar-refractivity contribution in [1.29, 1.82) is 0 Å². The highest BCUT2D eigenvalue weighted by molar-refractivity contribution is 5.90. The molecule has 0 bridgehead atoms. The molecule has 0 radical (unpaired) electrons. The Morgan fingerprint density at radius 2 is 2.17 bits per heavy atom. The van der Waals surface area contributed by atoms with Gasteiger partial charge in [0.1, 0.15) is 6.04 Å². The maximum Gasteiger partial charge on any atom is 0.312 e. The Morgan fingerprint density at radius 3 is 2.90 bits per heavy atom. The molecule has 1 amide bonds. The van der Waals surface area contributed by atoms with Crippen LogP contribution >= 0.6 is 0 Å². The van der Waals surface area contributed by atoms with E-state index in [4.69, 9.17) is 4.42 Å². The second kappa shape index (κ2) is 6.44. The molecule has 5 rings (SSSR count). The van der Waals surface area contributed by atoms with Crippen LogP contribution in [0.5, 0.6) is 0 Å². The van der Waals surface area contributed by atoms with Gasteiger partial charge in [-0.25, -0.2) is 13.9 Å². The number of aromatic amines is 1. The number of amides is 1. The third kappa shape index (κ3) is 2.85. The Bertz CT molecular complexity index is 1250. The van der Waals surface area contributed by atoms with Gasteiger partial charge in [-0.15, -0.1) is 10.2 Å². The van der Waals surface area contributed by atoms with E-state index in [1.807, 2.05) is 0 Å². The molecular weight excluding hydrogens is 396 g/mol. The number of rotatable bonds is 3. The monoisotopic (exact) mass is 413 g/mol. The molecule has 4 aromatic heterocycles. The zero-order chi connectivity index (χ0) is 21.0. The summed E-state index contributed by atoms with van der Waals surface area (Å²) in [6.07, 6.45) is 2.06. The molecule has 4 aromatic rings. The van der Waals surface area contributed by atoms with E-state index in [1.165, 1.54) is 24.8 Å². The molecule has 11 heteroatoms. The van der Waals surface area contributed by atoms with Crippen LogP contribution in [0.25, 0.3) is 5.52 Å². The summed E-state index contributed by atoms with van der Waals surface area (Å²) < 4.78 is 34.7. The van der Waals surface area contributed by atoms with Crippen molar-refractivity contribution < 1.29 is 18.0 Å². The van der Waals surface area contributed by atoms with Crippen LogP contribution in [0.2, 0.25) is 0 Å². The number of carbonyl (C=O) groups is 1. The minimum absolute atomic E-state index is 0.283. The maximum absolute atomic E-state index is 14.2. The third-order valence-electron chi connectivity index (χ3n) is 5.04. The van der Waals surface area contributed by atoms with Gasteiger partial charge in [-0.3, -0.25) is 4.79 Å². The SMILES string of the molecule is CC(C)(F)c1nnc(C(=O)N2CCc3[nH]cnc3[C@@H]2c2cc3cccc(F)n3n2)o1. The Labute approximate surface area is 168 Å². The molecule has 0 saturated carbocycles. The second-order valence-electron chi connectivity index (χ2n) is 7.56. The first-order chi connectivity index (χ1) is 14.3. The first-order valence-corrected chi connectivity index (χ1v) is 9.33.